The van der Waals surface area contributed by atoms with Crippen molar-refractivity contribution in [1.29, 1.82) is 0 Å². The van der Waals surface area contributed by atoms with Crippen molar-refractivity contribution < 1.29 is 22.7 Å². The fourth-order valence-electron chi connectivity index (χ4n) is 2.90. The van der Waals surface area contributed by atoms with Crippen molar-refractivity contribution in [2.24, 2.45) is 7.05 Å². The zero-order valence-corrected chi connectivity index (χ0v) is 16.1. The lowest BCUT2D eigenvalue weighted by molar-refractivity contribution is -0.153. The fraction of sp³-hybridized carbons (Fsp3) is 0.316. The third-order valence-electron chi connectivity index (χ3n) is 4.34. The second-order valence-electron chi connectivity index (χ2n) is 6.57. The van der Waals surface area contributed by atoms with E-state index in [0.717, 1.165) is 17.0 Å². The van der Waals surface area contributed by atoms with Gasteiger partial charge >= 0.3 is 6.18 Å². The van der Waals surface area contributed by atoms with E-state index in [1.54, 1.807) is 22.9 Å². The Kier molecular flexibility index (Phi) is 5.62. The standard InChI is InChI=1S/C19H20F3N5O2/c1-11-17(12(2)27(3)26-11)15-8-16(25-24-15)18(28)23-9-13-5-4-6-14(7-13)29-10-19(20,21)22/h4-8H,9-10H2,1-3H3,(H,23,28)(H,24,25). The number of carbonyl (C=O) groups is 1. The van der Waals surface area contributed by atoms with Crippen molar-refractivity contribution in [3.63, 3.8) is 0 Å². The topological polar surface area (TPSA) is 84.8 Å². The quantitative estimate of drug-likeness (QED) is 0.657. The van der Waals surface area contributed by atoms with E-state index >= 15 is 0 Å². The number of halogens is 3. The average molecular weight is 407 g/mol. The van der Waals surface area contributed by atoms with Crippen LogP contribution in [-0.2, 0) is 13.6 Å². The van der Waals surface area contributed by atoms with Crippen LogP contribution in [0.5, 0.6) is 5.75 Å². The minimum atomic E-state index is -4.41. The molecule has 3 rings (SSSR count). The molecule has 7 nitrogen and oxygen atoms in total. The second-order valence-corrected chi connectivity index (χ2v) is 6.57. The van der Waals surface area contributed by atoms with E-state index in [4.69, 9.17) is 4.74 Å². The minimum absolute atomic E-state index is 0.0837. The summed E-state index contributed by atoms with van der Waals surface area (Å²) < 4.78 is 43.2. The highest BCUT2D eigenvalue weighted by Crippen LogP contribution is 2.25. The first-order valence-electron chi connectivity index (χ1n) is 8.76. The van der Waals surface area contributed by atoms with Gasteiger partial charge < -0.3 is 10.1 Å². The highest BCUT2D eigenvalue weighted by molar-refractivity contribution is 5.93. The van der Waals surface area contributed by atoms with E-state index in [1.165, 1.54) is 12.1 Å². The predicted molar refractivity (Wildman–Crippen MR) is 99.4 cm³/mol. The highest BCUT2D eigenvalue weighted by atomic mass is 19.4. The van der Waals surface area contributed by atoms with Gasteiger partial charge in [-0.3, -0.25) is 14.6 Å². The lowest BCUT2D eigenvalue weighted by Crippen LogP contribution is -2.23. The van der Waals surface area contributed by atoms with Crippen molar-refractivity contribution in [3.05, 3.63) is 53.0 Å². The van der Waals surface area contributed by atoms with Crippen LogP contribution in [0.1, 0.15) is 27.4 Å². The summed E-state index contributed by atoms with van der Waals surface area (Å²) in [6.07, 6.45) is -4.41. The summed E-state index contributed by atoms with van der Waals surface area (Å²) in [7, 11) is 1.83. The number of benzene rings is 1. The summed E-state index contributed by atoms with van der Waals surface area (Å²) in [5, 5.41) is 13.9. The molecule has 0 bridgehead atoms. The smallest absolute Gasteiger partial charge is 0.422 e. The molecule has 0 atom stereocenters. The van der Waals surface area contributed by atoms with Gasteiger partial charge in [-0.25, -0.2) is 0 Å². The van der Waals surface area contributed by atoms with Gasteiger partial charge in [-0.2, -0.15) is 23.4 Å². The number of carbonyl (C=O) groups excluding carboxylic acids is 1. The van der Waals surface area contributed by atoms with Gasteiger partial charge in [0, 0.05) is 24.8 Å². The number of aryl methyl sites for hydroxylation is 2. The summed E-state index contributed by atoms with van der Waals surface area (Å²) in [5.74, 6) is -0.301. The normalized spacial score (nSPS) is 11.5. The molecule has 0 fully saturated rings. The van der Waals surface area contributed by atoms with Crippen LogP contribution >= 0.6 is 0 Å². The van der Waals surface area contributed by atoms with Crippen LogP contribution in [0.2, 0.25) is 0 Å². The molecule has 1 aromatic carbocycles. The van der Waals surface area contributed by atoms with Gasteiger partial charge in [0.05, 0.1) is 11.4 Å². The molecule has 0 saturated heterocycles. The Labute approximate surface area is 164 Å². The van der Waals surface area contributed by atoms with Gasteiger partial charge in [0.2, 0.25) is 0 Å². The Bertz CT molecular complexity index is 1020. The number of alkyl halides is 3. The number of H-pyrrole nitrogens is 1. The zero-order valence-electron chi connectivity index (χ0n) is 16.1. The number of aromatic amines is 1. The van der Waals surface area contributed by atoms with Crippen molar-refractivity contribution in [2.75, 3.05) is 6.61 Å². The molecular formula is C19H20F3N5O2. The molecule has 0 aliphatic rings. The molecule has 29 heavy (non-hydrogen) atoms. The molecule has 0 unspecified atom stereocenters. The Morgan fingerprint density at radius 2 is 2.03 bits per heavy atom. The summed E-state index contributed by atoms with van der Waals surface area (Å²) in [5.41, 5.74) is 4.08. The van der Waals surface area contributed by atoms with Crippen LogP contribution in [0.25, 0.3) is 11.3 Å². The maximum absolute atomic E-state index is 12.4. The Morgan fingerprint density at radius 3 is 2.69 bits per heavy atom. The Hall–Kier alpha value is -3.30. The van der Waals surface area contributed by atoms with Crippen LogP contribution in [0.15, 0.2) is 30.3 Å². The second kappa shape index (κ2) is 7.98. The molecule has 154 valence electrons. The van der Waals surface area contributed by atoms with Crippen LogP contribution in [0, 0.1) is 13.8 Å². The number of aromatic nitrogens is 4. The number of rotatable bonds is 6. The largest absolute Gasteiger partial charge is 0.484 e. The number of hydrogen-bond acceptors (Lipinski definition) is 4. The van der Waals surface area contributed by atoms with Gasteiger partial charge in [-0.15, -0.1) is 0 Å². The lowest BCUT2D eigenvalue weighted by atomic mass is 10.1. The van der Waals surface area contributed by atoms with Gasteiger partial charge in [-0.05, 0) is 37.6 Å². The van der Waals surface area contributed by atoms with Crippen molar-refractivity contribution in [3.8, 4) is 17.0 Å². The summed E-state index contributed by atoms with van der Waals surface area (Å²) in [6.45, 7) is 2.54. The third kappa shape index (κ3) is 4.95. The maximum atomic E-state index is 12.4. The van der Waals surface area contributed by atoms with Crippen molar-refractivity contribution in [2.45, 2.75) is 26.6 Å². The SMILES string of the molecule is Cc1nn(C)c(C)c1-c1cc(C(=O)NCc2cccc(OCC(F)(F)F)c2)[nH]n1. The van der Waals surface area contributed by atoms with Gasteiger partial charge in [-0.1, -0.05) is 12.1 Å². The van der Waals surface area contributed by atoms with Crippen LogP contribution in [0.3, 0.4) is 0 Å². The molecule has 0 saturated carbocycles. The lowest BCUT2D eigenvalue weighted by Gasteiger charge is -2.10. The first-order chi connectivity index (χ1) is 13.6. The molecular weight excluding hydrogens is 387 g/mol. The van der Waals surface area contributed by atoms with Crippen molar-refractivity contribution >= 4 is 5.91 Å². The Morgan fingerprint density at radius 1 is 1.28 bits per heavy atom. The number of nitrogens with one attached hydrogen (secondary N) is 2. The van der Waals surface area contributed by atoms with E-state index in [0.29, 0.717) is 11.3 Å². The zero-order chi connectivity index (χ0) is 21.2. The maximum Gasteiger partial charge on any atom is 0.422 e. The number of amides is 1. The molecule has 0 aliphatic carbocycles. The van der Waals surface area contributed by atoms with Crippen molar-refractivity contribution in [1.82, 2.24) is 25.3 Å². The van der Waals surface area contributed by atoms with Gasteiger partial charge in [0.25, 0.3) is 5.91 Å². The van der Waals surface area contributed by atoms with Crippen LogP contribution in [-0.4, -0.2) is 38.7 Å². The minimum Gasteiger partial charge on any atom is -0.484 e. The summed E-state index contributed by atoms with van der Waals surface area (Å²) >= 11 is 0. The van der Waals surface area contributed by atoms with E-state index in [2.05, 4.69) is 20.6 Å². The first kappa shape index (κ1) is 20.4. The molecule has 0 radical (unpaired) electrons. The molecule has 2 N–H and O–H groups in total. The molecule has 2 aromatic heterocycles. The first-order valence-corrected chi connectivity index (χ1v) is 8.76. The van der Waals surface area contributed by atoms with Crippen LogP contribution < -0.4 is 10.1 Å². The average Bonchev–Trinajstić information content (AvgIpc) is 3.22. The van der Waals surface area contributed by atoms with E-state index in [9.17, 15) is 18.0 Å². The Balaban J connectivity index is 1.64. The van der Waals surface area contributed by atoms with E-state index in [1.807, 2.05) is 20.9 Å². The number of nitrogens with zero attached hydrogens (tertiary/aromatic N) is 3. The monoisotopic (exact) mass is 407 g/mol. The third-order valence-corrected chi connectivity index (χ3v) is 4.34. The predicted octanol–water partition coefficient (Wildman–Crippen LogP) is 3.30. The van der Waals surface area contributed by atoms with E-state index < -0.39 is 12.8 Å². The van der Waals surface area contributed by atoms with E-state index in [-0.39, 0.29) is 23.9 Å². The molecule has 2 heterocycles. The van der Waals surface area contributed by atoms with Gasteiger partial charge in [0.1, 0.15) is 11.4 Å². The summed E-state index contributed by atoms with van der Waals surface area (Å²) in [4.78, 5) is 12.4. The highest BCUT2D eigenvalue weighted by Gasteiger charge is 2.28. The molecule has 10 heteroatoms. The molecule has 0 spiro atoms. The number of hydrogen-bond donors (Lipinski definition) is 2. The van der Waals surface area contributed by atoms with Crippen LogP contribution in [0.4, 0.5) is 13.2 Å². The molecule has 3 aromatic rings. The molecule has 0 aliphatic heterocycles. The van der Waals surface area contributed by atoms with Gasteiger partial charge in [0.15, 0.2) is 6.61 Å². The summed E-state index contributed by atoms with van der Waals surface area (Å²) in [6, 6.07) is 7.76. The number of ether oxygens (including phenoxy) is 1. The fourth-order valence-corrected chi connectivity index (χ4v) is 2.90. The molecule has 1 amide bonds.